The Hall–Kier alpha value is -0.120. The number of nitrogens with zero attached hydrogens (tertiary/aromatic N) is 2. The SMILES string of the molecule is CCCNC1CCN(CCCN(CC)CC)C1. The smallest absolute Gasteiger partial charge is 0.0207 e. The third-order valence-corrected chi connectivity index (χ3v) is 3.80. The molecule has 1 rings (SSSR count). The molecule has 1 N–H and O–H groups in total. The van der Waals surface area contributed by atoms with Crippen LogP contribution in [0.3, 0.4) is 0 Å². The summed E-state index contributed by atoms with van der Waals surface area (Å²) in [6.45, 7) is 15.4. The number of nitrogens with one attached hydrogen (secondary N) is 1. The van der Waals surface area contributed by atoms with Gasteiger partial charge in [-0.2, -0.15) is 0 Å². The minimum atomic E-state index is 0.753. The molecule has 0 aromatic carbocycles. The van der Waals surface area contributed by atoms with E-state index in [2.05, 4.69) is 35.9 Å². The van der Waals surface area contributed by atoms with E-state index in [9.17, 15) is 0 Å². The number of hydrogen-bond acceptors (Lipinski definition) is 3. The summed E-state index contributed by atoms with van der Waals surface area (Å²) in [7, 11) is 0. The zero-order chi connectivity index (χ0) is 12.5. The Labute approximate surface area is 108 Å². The van der Waals surface area contributed by atoms with Crippen molar-refractivity contribution in [3.63, 3.8) is 0 Å². The fourth-order valence-corrected chi connectivity index (χ4v) is 2.61. The van der Waals surface area contributed by atoms with Crippen molar-refractivity contribution in [2.75, 3.05) is 45.8 Å². The molecule has 1 atom stereocenters. The molecule has 0 aromatic heterocycles. The summed E-state index contributed by atoms with van der Waals surface area (Å²) in [5, 5.41) is 3.63. The molecule has 1 heterocycles. The Balaban J connectivity index is 2.05. The molecular formula is C14H31N3. The van der Waals surface area contributed by atoms with Gasteiger partial charge < -0.3 is 15.1 Å². The summed E-state index contributed by atoms with van der Waals surface area (Å²) in [4.78, 5) is 5.14. The molecule has 0 saturated carbocycles. The summed E-state index contributed by atoms with van der Waals surface area (Å²) in [5.74, 6) is 0. The van der Waals surface area contributed by atoms with Crippen LogP contribution in [0, 0.1) is 0 Å². The van der Waals surface area contributed by atoms with Gasteiger partial charge in [-0.15, -0.1) is 0 Å². The maximum absolute atomic E-state index is 3.63. The Bertz CT molecular complexity index is 180. The van der Waals surface area contributed by atoms with Crippen molar-refractivity contribution < 1.29 is 0 Å². The van der Waals surface area contributed by atoms with E-state index in [1.165, 1.54) is 65.1 Å². The first-order valence-electron chi connectivity index (χ1n) is 7.48. The molecule has 0 bridgehead atoms. The highest BCUT2D eigenvalue weighted by molar-refractivity contribution is 4.80. The third kappa shape index (κ3) is 5.84. The molecule has 1 unspecified atom stereocenters. The molecule has 3 heteroatoms. The maximum Gasteiger partial charge on any atom is 0.0207 e. The van der Waals surface area contributed by atoms with Gasteiger partial charge in [0.1, 0.15) is 0 Å². The largest absolute Gasteiger partial charge is 0.313 e. The zero-order valence-corrected chi connectivity index (χ0v) is 12.0. The molecule has 17 heavy (non-hydrogen) atoms. The van der Waals surface area contributed by atoms with E-state index in [1.54, 1.807) is 0 Å². The summed E-state index contributed by atoms with van der Waals surface area (Å²) in [6, 6.07) is 0.753. The standard InChI is InChI=1S/C14H31N3/c1-4-9-15-14-8-12-17(13-14)11-7-10-16(5-2)6-3/h14-15H,4-13H2,1-3H3. The van der Waals surface area contributed by atoms with Gasteiger partial charge in [0.25, 0.3) is 0 Å². The predicted molar refractivity (Wildman–Crippen MR) is 75.5 cm³/mol. The highest BCUT2D eigenvalue weighted by Gasteiger charge is 2.20. The van der Waals surface area contributed by atoms with Crippen LogP contribution in [-0.2, 0) is 0 Å². The molecule has 0 aromatic rings. The van der Waals surface area contributed by atoms with Crippen LogP contribution in [0.1, 0.15) is 40.0 Å². The zero-order valence-electron chi connectivity index (χ0n) is 12.0. The lowest BCUT2D eigenvalue weighted by Crippen LogP contribution is -2.34. The van der Waals surface area contributed by atoms with Gasteiger partial charge in [0.05, 0.1) is 0 Å². The average molecular weight is 241 g/mol. The fourth-order valence-electron chi connectivity index (χ4n) is 2.61. The van der Waals surface area contributed by atoms with Gasteiger partial charge in [-0.1, -0.05) is 20.8 Å². The van der Waals surface area contributed by atoms with Crippen molar-refractivity contribution in [3.05, 3.63) is 0 Å². The fraction of sp³-hybridized carbons (Fsp3) is 1.00. The van der Waals surface area contributed by atoms with Gasteiger partial charge in [0.15, 0.2) is 0 Å². The van der Waals surface area contributed by atoms with Crippen molar-refractivity contribution in [2.45, 2.75) is 46.1 Å². The van der Waals surface area contributed by atoms with Crippen molar-refractivity contribution in [3.8, 4) is 0 Å². The molecule has 0 radical (unpaired) electrons. The van der Waals surface area contributed by atoms with E-state index >= 15 is 0 Å². The maximum atomic E-state index is 3.63. The van der Waals surface area contributed by atoms with Gasteiger partial charge in [-0.25, -0.2) is 0 Å². The van der Waals surface area contributed by atoms with E-state index in [0.717, 1.165) is 6.04 Å². The molecule has 1 aliphatic rings. The lowest BCUT2D eigenvalue weighted by molar-refractivity contribution is 0.260. The van der Waals surface area contributed by atoms with E-state index in [0.29, 0.717) is 0 Å². The lowest BCUT2D eigenvalue weighted by atomic mass is 10.2. The number of likely N-dealkylation sites (tertiary alicyclic amines) is 1. The van der Waals surface area contributed by atoms with Gasteiger partial charge in [0.2, 0.25) is 0 Å². The molecular weight excluding hydrogens is 210 g/mol. The Morgan fingerprint density at radius 3 is 2.65 bits per heavy atom. The van der Waals surface area contributed by atoms with Gasteiger partial charge >= 0.3 is 0 Å². The van der Waals surface area contributed by atoms with E-state index in [-0.39, 0.29) is 0 Å². The first kappa shape index (κ1) is 14.9. The van der Waals surface area contributed by atoms with Gasteiger partial charge in [0, 0.05) is 12.6 Å². The van der Waals surface area contributed by atoms with Gasteiger partial charge in [-0.3, -0.25) is 0 Å². The van der Waals surface area contributed by atoms with Crippen LogP contribution in [0.25, 0.3) is 0 Å². The molecule has 102 valence electrons. The Kier molecular flexibility index (Phi) is 7.82. The highest BCUT2D eigenvalue weighted by Crippen LogP contribution is 2.09. The molecule has 0 aliphatic carbocycles. The topological polar surface area (TPSA) is 18.5 Å². The van der Waals surface area contributed by atoms with Crippen molar-refractivity contribution >= 4 is 0 Å². The predicted octanol–water partition coefficient (Wildman–Crippen LogP) is 1.79. The van der Waals surface area contributed by atoms with Crippen molar-refractivity contribution in [2.24, 2.45) is 0 Å². The van der Waals surface area contributed by atoms with Crippen LogP contribution >= 0.6 is 0 Å². The summed E-state index contributed by atoms with van der Waals surface area (Å²) in [6.07, 6.45) is 3.91. The minimum absolute atomic E-state index is 0.753. The normalized spacial score (nSPS) is 21.5. The summed E-state index contributed by atoms with van der Waals surface area (Å²) in [5.41, 5.74) is 0. The van der Waals surface area contributed by atoms with Crippen LogP contribution in [0.4, 0.5) is 0 Å². The second kappa shape index (κ2) is 8.90. The van der Waals surface area contributed by atoms with E-state index < -0.39 is 0 Å². The Morgan fingerprint density at radius 1 is 1.24 bits per heavy atom. The first-order chi connectivity index (χ1) is 8.30. The minimum Gasteiger partial charge on any atom is -0.313 e. The molecule has 0 spiro atoms. The van der Waals surface area contributed by atoms with E-state index in [1.807, 2.05) is 0 Å². The molecule has 1 saturated heterocycles. The second-order valence-corrected chi connectivity index (χ2v) is 5.12. The molecule has 1 fully saturated rings. The molecule has 1 aliphatic heterocycles. The van der Waals surface area contributed by atoms with Crippen molar-refractivity contribution in [1.82, 2.24) is 15.1 Å². The van der Waals surface area contributed by atoms with E-state index in [4.69, 9.17) is 0 Å². The summed E-state index contributed by atoms with van der Waals surface area (Å²) < 4.78 is 0. The van der Waals surface area contributed by atoms with Crippen LogP contribution < -0.4 is 5.32 Å². The molecule has 3 nitrogen and oxygen atoms in total. The number of hydrogen-bond donors (Lipinski definition) is 1. The third-order valence-electron chi connectivity index (χ3n) is 3.80. The quantitative estimate of drug-likeness (QED) is 0.664. The monoisotopic (exact) mass is 241 g/mol. The van der Waals surface area contributed by atoms with Crippen LogP contribution in [-0.4, -0.2) is 61.7 Å². The first-order valence-corrected chi connectivity index (χ1v) is 7.48. The average Bonchev–Trinajstić information content (AvgIpc) is 2.80. The second-order valence-electron chi connectivity index (χ2n) is 5.12. The van der Waals surface area contributed by atoms with Crippen LogP contribution in [0.2, 0.25) is 0 Å². The van der Waals surface area contributed by atoms with Crippen LogP contribution in [0.5, 0.6) is 0 Å². The summed E-state index contributed by atoms with van der Waals surface area (Å²) >= 11 is 0. The van der Waals surface area contributed by atoms with Crippen molar-refractivity contribution in [1.29, 1.82) is 0 Å². The highest BCUT2D eigenvalue weighted by atomic mass is 15.2. The van der Waals surface area contributed by atoms with Crippen LogP contribution in [0.15, 0.2) is 0 Å². The number of rotatable bonds is 9. The van der Waals surface area contributed by atoms with Gasteiger partial charge in [-0.05, 0) is 58.5 Å². The molecule has 0 amide bonds. The lowest BCUT2D eigenvalue weighted by Gasteiger charge is -2.21. The Morgan fingerprint density at radius 2 is 2.00 bits per heavy atom.